The quantitative estimate of drug-likeness (QED) is 0.718. The maximum absolute atomic E-state index is 6.36. The summed E-state index contributed by atoms with van der Waals surface area (Å²) < 4.78 is 0. The summed E-state index contributed by atoms with van der Waals surface area (Å²) in [6.45, 7) is 6.89. The minimum atomic E-state index is 0.322. The van der Waals surface area contributed by atoms with Gasteiger partial charge in [0.25, 0.3) is 0 Å². The molecule has 0 radical (unpaired) electrons. The molecule has 0 aromatic heterocycles. The maximum Gasteiger partial charge on any atom is 0.0468 e. The van der Waals surface area contributed by atoms with E-state index in [1.807, 2.05) is 12.1 Å². The van der Waals surface area contributed by atoms with Gasteiger partial charge in [-0.3, -0.25) is 0 Å². The Bertz CT molecular complexity index is 447. The van der Waals surface area contributed by atoms with E-state index in [2.05, 4.69) is 32.2 Å². The van der Waals surface area contributed by atoms with E-state index in [0.717, 1.165) is 23.3 Å². The predicted octanol–water partition coefficient (Wildman–Crippen LogP) is 5.86. The molecule has 1 aliphatic carbocycles. The van der Waals surface area contributed by atoms with Crippen LogP contribution in [0, 0.1) is 11.8 Å². The van der Waals surface area contributed by atoms with E-state index < -0.39 is 0 Å². The van der Waals surface area contributed by atoms with Crippen molar-refractivity contribution in [1.29, 1.82) is 0 Å². The van der Waals surface area contributed by atoms with Crippen molar-refractivity contribution in [1.82, 2.24) is 5.32 Å². The third kappa shape index (κ3) is 3.50. The molecular weight excluding hydrogens is 289 g/mol. The number of hydrogen-bond acceptors (Lipinski definition) is 1. The van der Waals surface area contributed by atoms with Crippen LogP contribution in [-0.4, -0.2) is 6.04 Å². The predicted molar refractivity (Wildman–Crippen MR) is 88.6 cm³/mol. The SMILES string of the molecule is CCC(NC1CCC(CC)C1C)c1ccc(Cl)cc1Cl. The summed E-state index contributed by atoms with van der Waals surface area (Å²) >= 11 is 12.3. The first-order valence-electron chi connectivity index (χ1n) is 7.77. The third-order valence-electron chi connectivity index (χ3n) is 4.91. The van der Waals surface area contributed by atoms with Gasteiger partial charge in [0, 0.05) is 22.1 Å². The Morgan fingerprint density at radius 3 is 2.55 bits per heavy atom. The van der Waals surface area contributed by atoms with Crippen molar-refractivity contribution in [2.45, 2.75) is 58.5 Å². The second-order valence-corrected chi connectivity index (χ2v) is 6.85. The zero-order chi connectivity index (χ0) is 14.7. The Hall–Kier alpha value is -0.240. The van der Waals surface area contributed by atoms with Crippen molar-refractivity contribution in [2.75, 3.05) is 0 Å². The molecule has 1 aromatic rings. The fourth-order valence-electron chi connectivity index (χ4n) is 3.53. The molecule has 4 unspecified atom stereocenters. The highest BCUT2D eigenvalue weighted by Gasteiger charge is 2.32. The number of nitrogens with one attached hydrogen (secondary N) is 1. The molecule has 0 heterocycles. The highest BCUT2D eigenvalue weighted by molar-refractivity contribution is 6.35. The lowest BCUT2D eigenvalue weighted by Crippen LogP contribution is -2.35. The van der Waals surface area contributed by atoms with Crippen molar-refractivity contribution in [3.05, 3.63) is 33.8 Å². The van der Waals surface area contributed by atoms with Gasteiger partial charge in [-0.15, -0.1) is 0 Å². The van der Waals surface area contributed by atoms with Crippen molar-refractivity contribution in [3.63, 3.8) is 0 Å². The Labute approximate surface area is 133 Å². The molecule has 0 saturated heterocycles. The lowest BCUT2D eigenvalue weighted by Gasteiger charge is -2.27. The van der Waals surface area contributed by atoms with Gasteiger partial charge in [0.2, 0.25) is 0 Å². The van der Waals surface area contributed by atoms with Gasteiger partial charge in [0.05, 0.1) is 0 Å². The summed E-state index contributed by atoms with van der Waals surface area (Å²) in [7, 11) is 0. The van der Waals surface area contributed by atoms with Crippen molar-refractivity contribution >= 4 is 23.2 Å². The van der Waals surface area contributed by atoms with E-state index in [9.17, 15) is 0 Å². The minimum Gasteiger partial charge on any atom is -0.307 e. The first-order chi connectivity index (χ1) is 9.56. The zero-order valence-electron chi connectivity index (χ0n) is 12.6. The van der Waals surface area contributed by atoms with Crippen LogP contribution in [0.25, 0.3) is 0 Å². The molecule has 1 aliphatic rings. The maximum atomic E-state index is 6.36. The van der Waals surface area contributed by atoms with Gasteiger partial charge in [-0.1, -0.05) is 56.5 Å². The average molecular weight is 314 g/mol. The summed E-state index contributed by atoms with van der Waals surface area (Å²) in [6, 6.07) is 6.76. The molecule has 0 amide bonds. The monoisotopic (exact) mass is 313 g/mol. The lowest BCUT2D eigenvalue weighted by atomic mass is 9.92. The molecule has 0 bridgehead atoms. The van der Waals surface area contributed by atoms with Gasteiger partial charge >= 0.3 is 0 Å². The molecule has 1 saturated carbocycles. The van der Waals surface area contributed by atoms with Crippen LogP contribution in [-0.2, 0) is 0 Å². The third-order valence-corrected chi connectivity index (χ3v) is 5.47. The molecule has 1 aromatic carbocycles. The summed E-state index contributed by atoms with van der Waals surface area (Å²) in [5.74, 6) is 1.62. The van der Waals surface area contributed by atoms with Gasteiger partial charge < -0.3 is 5.32 Å². The fourth-order valence-corrected chi connectivity index (χ4v) is 4.07. The average Bonchev–Trinajstić information content (AvgIpc) is 2.77. The highest BCUT2D eigenvalue weighted by atomic mass is 35.5. The second kappa shape index (κ2) is 7.15. The molecular formula is C17H25Cl2N. The zero-order valence-corrected chi connectivity index (χ0v) is 14.1. The molecule has 112 valence electrons. The Kier molecular flexibility index (Phi) is 5.77. The first-order valence-corrected chi connectivity index (χ1v) is 8.53. The first kappa shape index (κ1) is 16.1. The highest BCUT2D eigenvalue weighted by Crippen LogP contribution is 2.36. The minimum absolute atomic E-state index is 0.322. The van der Waals surface area contributed by atoms with E-state index in [1.54, 1.807) is 0 Å². The van der Waals surface area contributed by atoms with Crippen molar-refractivity contribution in [3.8, 4) is 0 Å². The molecule has 0 spiro atoms. The number of rotatable bonds is 5. The van der Waals surface area contributed by atoms with Crippen LogP contribution in [0.3, 0.4) is 0 Å². The molecule has 4 atom stereocenters. The van der Waals surface area contributed by atoms with Gasteiger partial charge in [0.1, 0.15) is 0 Å². The smallest absolute Gasteiger partial charge is 0.0468 e. The normalized spacial score (nSPS) is 27.8. The molecule has 1 fully saturated rings. The summed E-state index contributed by atoms with van der Waals surface area (Å²) in [6.07, 6.45) is 4.96. The number of halogens is 2. The molecule has 20 heavy (non-hydrogen) atoms. The molecule has 1 nitrogen and oxygen atoms in total. The van der Waals surface area contributed by atoms with E-state index in [-0.39, 0.29) is 0 Å². The number of hydrogen-bond donors (Lipinski definition) is 1. The van der Waals surface area contributed by atoms with E-state index in [4.69, 9.17) is 23.2 Å². The van der Waals surface area contributed by atoms with Crippen LogP contribution in [0.15, 0.2) is 18.2 Å². The number of benzene rings is 1. The molecule has 1 N–H and O–H groups in total. The standard InChI is InChI=1S/C17H25Cl2N/c1-4-12-6-9-17(11(12)3)20-16(5-2)14-8-7-13(18)10-15(14)19/h7-8,10-12,16-17,20H,4-6,9H2,1-3H3. The lowest BCUT2D eigenvalue weighted by molar-refractivity contribution is 0.318. The summed E-state index contributed by atoms with van der Waals surface area (Å²) in [4.78, 5) is 0. The van der Waals surface area contributed by atoms with Gasteiger partial charge in [-0.05, 0) is 48.8 Å². The van der Waals surface area contributed by atoms with Crippen LogP contribution in [0.1, 0.15) is 58.1 Å². The molecule has 3 heteroatoms. The van der Waals surface area contributed by atoms with Crippen molar-refractivity contribution < 1.29 is 0 Å². The second-order valence-electron chi connectivity index (χ2n) is 6.00. The topological polar surface area (TPSA) is 12.0 Å². The van der Waals surface area contributed by atoms with Gasteiger partial charge in [-0.25, -0.2) is 0 Å². The van der Waals surface area contributed by atoms with Crippen molar-refractivity contribution in [2.24, 2.45) is 11.8 Å². The summed E-state index contributed by atoms with van der Waals surface area (Å²) in [5, 5.41) is 5.30. The molecule has 2 rings (SSSR count). The molecule has 0 aliphatic heterocycles. The van der Waals surface area contributed by atoms with Crippen LogP contribution in [0.4, 0.5) is 0 Å². The van der Waals surface area contributed by atoms with Crippen LogP contribution in [0.2, 0.25) is 10.0 Å². The van der Waals surface area contributed by atoms with Gasteiger partial charge in [-0.2, -0.15) is 0 Å². The largest absolute Gasteiger partial charge is 0.307 e. The summed E-state index contributed by atoms with van der Waals surface area (Å²) in [5.41, 5.74) is 1.17. The van der Waals surface area contributed by atoms with Crippen LogP contribution >= 0.6 is 23.2 Å². The van der Waals surface area contributed by atoms with E-state index in [0.29, 0.717) is 17.1 Å². The van der Waals surface area contributed by atoms with Crippen LogP contribution < -0.4 is 5.32 Å². The Morgan fingerprint density at radius 1 is 1.25 bits per heavy atom. The van der Waals surface area contributed by atoms with Gasteiger partial charge in [0.15, 0.2) is 0 Å². The van der Waals surface area contributed by atoms with Crippen LogP contribution in [0.5, 0.6) is 0 Å². The van der Waals surface area contributed by atoms with E-state index >= 15 is 0 Å². The Balaban J connectivity index is 2.09. The van der Waals surface area contributed by atoms with E-state index in [1.165, 1.54) is 24.8 Å². The Morgan fingerprint density at radius 2 is 2.00 bits per heavy atom. The fraction of sp³-hybridized carbons (Fsp3) is 0.647.